The van der Waals surface area contributed by atoms with E-state index in [1.54, 1.807) is 23.5 Å². The van der Waals surface area contributed by atoms with Crippen LogP contribution in [0, 0.1) is 5.82 Å². The molecule has 118 valence electrons. The number of hydrogen-bond acceptors (Lipinski definition) is 3. The SMILES string of the molecule is Fc1ccc(COc2cccc(CNCc3cccs3)c2)cc1. The minimum absolute atomic E-state index is 0.229. The van der Waals surface area contributed by atoms with Gasteiger partial charge in [0.05, 0.1) is 0 Å². The van der Waals surface area contributed by atoms with E-state index in [-0.39, 0.29) is 5.82 Å². The molecule has 0 fully saturated rings. The Labute approximate surface area is 139 Å². The molecule has 0 saturated carbocycles. The highest BCUT2D eigenvalue weighted by molar-refractivity contribution is 7.09. The summed E-state index contributed by atoms with van der Waals surface area (Å²) in [7, 11) is 0. The molecule has 1 aromatic heterocycles. The number of thiophene rings is 1. The lowest BCUT2D eigenvalue weighted by Gasteiger charge is -2.09. The molecule has 23 heavy (non-hydrogen) atoms. The van der Waals surface area contributed by atoms with E-state index in [1.165, 1.54) is 22.6 Å². The zero-order valence-electron chi connectivity index (χ0n) is 12.7. The summed E-state index contributed by atoms with van der Waals surface area (Å²) in [5.74, 6) is 0.595. The molecule has 0 aliphatic carbocycles. The molecule has 0 spiro atoms. The van der Waals surface area contributed by atoms with E-state index in [9.17, 15) is 4.39 Å². The second-order valence-electron chi connectivity index (χ2n) is 5.25. The average molecular weight is 327 g/mol. The molecule has 3 aromatic rings. The van der Waals surface area contributed by atoms with E-state index < -0.39 is 0 Å². The summed E-state index contributed by atoms with van der Waals surface area (Å²) in [5, 5.41) is 5.51. The number of ether oxygens (including phenoxy) is 1. The van der Waals surface area contributed by atoms with Crippen LogP contribution in [0.4, 0.5) is 4.39 Å². The van der Waals surface area contributed by atoms with Gasteiger partial charge in [0, 0.05) is 18.0 Å². The predicted octanol–water partition coefficient (Wildman–Crippen LogP) is 4.76. The Hall–Kier alpha value is -2.17. The Kier molecular flexibility index (Phi) is 5.40. The third kappa shape index (κ3) is 4.91. The summed E-state index contributed by atoms with van der Waals surface area (Å²) in [5.41, 5.74) is 2.13. The van der Waals surface area contributed by atoms with Crippen LogP contribution in [0.2, 0.25) is 0 Å². The number of halogens is 1. The van der Waals surface area contributed by atoms with Crippen molar-refractivity contribution in [2.75, 3.05) is 0 Å². The van der Waals surface area contributed by atoms with Gasteiger partial charge < -0.3 is 10.1 Å². The normalized spacial score (nSPS) is 10.7. The van der Waals surface area contributed by atoms with Crippen LogP contribution < -0.4 is 10.1 Å². The number of nitrogens with one attached hydrogen (secondary N) is 1. The number of hydrogen-bond donors (Lipinski definition) is 1. The van der Waals surface area contributed by atoms with E-state index in [1.807, 2.05) is 18.2 Å². The van der Waals surface area contributed by atoms with Crippen LogP contribution in [0.25, 0.3) is 0 Å². The van der Waals surface area contributed by atoms with Gasteiger partial charge in [0.25, 0.3) is 0 Å². The third-order valence-corrected chi connectivity index (χ3v) is 4.30. The molecule has 0 saturated heterocycles. The van der Waals surface area contributed by atoms with Crippen LogP contribution >= 0.6 is 11.3 Å². The van der Waals surface area contributed by atoms with Crippen molar-refractivity contribution in [2.24, 2.45) is 0 Å². The summed E-state index contributed by atoms with van der Waals surface area (Å²) in [6.45, 7) is 2.11. The fourth-order valence-electron chi connectivity index (χ4n) is 2.24. The maximum Gasteiger partial charge on any atom is 0.123 e. The molecule has 2 aromatic carbocycles. The van der Waals surface area contributed by atoms with Gasteiger partial charge in [-0.05, 0) is 46.8 Å². The summed E-state index contributed by atoms with van der Waals surface area (Å²) < 4.78 is 18.7. The molecule has 0 radical (unpaired) electrons. The van der Waals surface area contributed by atoms with Crippen LogP contribution in [-0.4, -0.2) is 0 Å². The molecule has 0 aliphatic rings. The molecule has 0 amide bonds. The van der Waals surface area contributed by atoms with Gasteiger partial charge in [0.15, 0.2) is 0 Å². The van der Waals surface area contributed by atoms with Crippen LogP contribution in [-0.2, 0) is 19.7 Å². The lowest BCUT2D eigenvalue weighted by atomic mass is 10.2. The highest BCUT2D eigenvalue weighted by Gasteiger charge is 2.00. The zero-order chi connectivity index (χ0) is 15.9. The summed E-state index contributed by atoms with van der Waals surface area (Å²) >= 11 is 1.75. The maximum atomic E-state index is 12.9. The van der Waals surface area contributed by atoms with E-state index in [0.29, 0.717) is 6.61 Å². The van der Waals surface area contributed by atoms with E-state index in [0.717, 1.165) is 24.4 Å². The first-order chi connectivity index (χ1) is 11.3. The minimum atomic E-state index is -0.229. The van der Waals surface area contributed by atoms with Gasteiger partial charge in [-0.15, -0.1) is 11.3 Å². The van der Waals surface area contributed by atoms with E-state index >= 15 is 0 Å². The largest absolute Gasteiger partial charge is 0.489 e. The molecule has 0 atom stereocenters. The third-order valence-electron chi connectivity index (χ3n) is 3.43. The highest BCUT2D eigenvalue weighted by atomic mass is 32.1. The molecule has 0 aliphatic heterocycles. The van der Waals surface area contributed by atoms with Gasteiger partial charge in [-0.25, -0.2) is 4.39 Å². The molecule has 2 nitrogen and oxygen atoms in total. The van der Waals surface area contributed by atoms with Crippen LogP contribution in [0.5, 0.6) is 5.75 Å². The van der Waals surface area contributed by atoms with Gasteiger partial charge in [-0.1, -0.05) is 30.3 Å². The second kappa shape index (κ2) is 7.90. The highest BCUT2D eigenvalue weighted by Crippen LogP contribution is 2.16. The molecule has 4 heteroatoms. The Bertz CT molecular complexity index is 725. The molecule has 0 unspecified atom stereocenters. The molecule has 0 bridgehead atoms. The Morgan fingerprint density at radius 2 is 1.78 bits per heavy atom. The van der Waals surface area contributed by atoms with Crippen molar-refractivity contribution in [3.63, 3.8) is 0 Å². The first kappa shape index (κ1) is 15.7. The van der Waals surface area contributed by atoms with Crippen molar-refractivity contribution in [3.8, 4) is 5.75 Å². The van der Waals surface area contributed by atoms with Crippen LogP contribution in [0.1, 0.15) is 16.0 Å². The van der Waals surface area contributed by atoms with Gasteiger partial charge in [0.2, 0.25) is 0 Å². The fraction of sp³-hybridized carbons (Fsp3) is 0.158. The Morgan fingerprint density at radius 3 is 2.57 bits per heavy atom. The second-order valence-corrected chi connectivity index (χ2v) is 6.28. The molecule has 1 N–H and O–H groups in total. The standard InChI is InChI=1S/C19H18FNOS/c20-17-8-6-15(7-9-17)14-22-18-4-1-3-16(11-18)12-21-13-19-5-2-10-23-19/h1-11,21H,12-14H2. The van der Waals surface area contributed by atoms with Crippen molar-refractivity contribution >= 4 is 11.3 Å². The summed E-state index contributed by atoms with van der Waals surface area (Å²) in [6, 6.07) is 18.6. The first-order valence-electron chi connectivity index (χ1n) is 7.49. The number of rotatable bonds is 7. The summed E-state index contributed by atoms with van der Waals surface area (Å²) in [6.07, 6.45) is 0. The lowest BCUT2D eigenvalue weighted by molar-refractivity contribution is 0.305. The van der Waals surface area contributed by atoms with Crippen molar-refractivity contribution in [1.29, 1.82) is 0 Å². The average Bonchev–Trinajstić information content (AvgIpc) is 3.08. The number of benzene rings is 2. The molecular formula is C19H18FNOS. The topological polar surface area (TPSA) is 21.3 Å². The smallest absolute Gasteiger partial charge is 0.123 e. The van der Waals surface area contributed by atoms with E-state index in [4.69, 9.17) is 4.74 Å². The van der Waals surface area contributed by atoms with E-state index in [2.05, 4.69) is 28.9 Å². The minimum Gasteiger partial charge on any atom is -0.489 e. The van der Waals surface area contributed by atoms with Crippen LogP contribution in [0.3, 0.4) is 0 Å². The molecular weight excluding hydrogens is 309 g/mol. The molecule has 1 heterocycles. The Balaban J connectivity index is 1.51. The summed E-state index contributed by atoms with van der Waals surface area (Å²) in [4.78, 5) is 1.33. The lowest BCUT2D eigenvalue weighted by Crippen LogP contribution is -2.11. The quantitative estimate of drug-likeness (QED) is 0.676. The van der Waals surface area contributed by atoms with Crippen molar-refractivity contribution in [3.05, 3.63) is 87.9 Å². The van der Waals surface area contributed by atoms with Gasteiger partial charge in [0.1, 0.15) is 18.2 Å². The van der Waals surface area contributed by atoms with Crippen molar-refractivity contribution in [1.82, 2.24) is 5.32 Å². The first-order valence-corrected chi connectivity index (χ1v) is 8.37. The predicted molar refractivity (Wildman–Crippen MR) is 92.0 cm³/mol. The fourth-order valence-corrected chi connectivity index (χ4v) is 2.91. The van der Waals surface area contributed by atoms with Gasteiger partial charge >= 0.3 is 0 Å². The zero-order valence-corrected chi connectivity index (χ0v) is 13.5. The Morgan fingerprint density at radius 1 is 0.913 bits per heavy atom. The van der Waals surface area contributed by atoms with Gasteiger partial charge in [-0.3, -0.25) is 0 Å². The van der Waals surface area contributed by atoms with Gasteiger partial charge in [-0.2, -0.15) is 0 Å². The maximum absolute atomic E-state index is 12.9. The van der Waals surface area contributed by atoms with Crippen LogP contribution in [0.15, 0.2) is 66.0 Å². The monoisotopic (exact) mass is 327 g/mol. The van der Waals surface area contributed by atoms with Crippen molar-refractivity contribution in [2.45, 2.75) is 19.7 Å². The molecule has 3 rings (SSSR count). The van der Waals surface area contributed by atoms with Crippen molar-refractivity contribution < 1.29 is 9.13 Å².